The molecule has 0 unspecified atom stereocenters. The molecular weight excluding hydrogens is 232 g/mol. The zero-order chi connectivity index (χ0) is 12.4. The molecule has 1 aromatic carbocycles. The van der Waals surface area contributed by atoms with E-state index >= 15 is 0 Å². The standard InChI is InChI=1S/C11H7F2NO3/c1-16-11(15)9-10(17-5-14-9)7-3-2-6(12)4-8(7)13/h2-5H,1H3. The zero-order valence-corrected chi connectivity index (χ0v) is 8.74. The maximum Gasteiger partial charge on any atom is 0.360 e. The highest BCUT2D eigenvalue weighted by Gasteiger charge is 2.21. The summed E-state index contributed by atoms with van der Waals surface area (Å²) in [5.74, 6) is -2.40. The lowest BCUT2D eigenvalue weighted by Crippen LogP contribution is -2.03. The van der Waals surface area contributed by atoms with Crippen LogP contribution in [0.4, 0.5) is 8.78 Å². The van der Waals surface area contributed by atoms with E-state index in [2.05, 4.69) is 9.72 Å². The molecule has 1 aromatic heterocycles. The number of hydrogen-bond donors (Lipinski definition) is 0. The topological polar surface area (TPSA) is 52.3 Å². The summed E-state index contributed by atoms with van der Waals surface area (Å²) in [4.78, 5) is 14.9. The summed E-state index contributed by atoms with van der Waals surface area (Å²) >= 11 is 0. The normalized spacial score (nSPS) is 10.3. The molecule has 88 valence electrons. The molecule has 0 radical (unpaired) electrons. The van der Waals surface area contributed by atoms with Gasteiger partial charge in [0.2, 0.25) is 0 Å². The lowest BCUT2D eigenvalue weighted by atomic mass is 10.1. The Balaban J connectivity index is 2.53. The van der Waals surface area contributed by atoms with E-state index in [9.17, 15) is 13.6 Å². The van der Waals surface area contributed by atoms with Gasteiger partial charge in [-0.1, -0.05) is 0 Å². The quantitative estimate of drug-likeness (QED) is 0.755. The molecule has 17 heavy (non-hydrogen) atoms. The lowest BCUT2D eigenvalue weighted by molar-refractivity contribution is 0.0595. The Morgan fingerprint density at radius 2 is 2.18 bits per heavy atom. The number of aromatic nitrogens is 1. The number of oxazole rings is 1. The average Bonchev–Trinajstić information content (AvgIpc) is 2.77. The lowest BCUT2D eigenvalue weighted by Gasteiger charge is -2.01. The number of nitrogens with zero attached hydrogens (tertiary/aromatic N) is 1. The van der Waals surface area contributed by atoms with E-state index in [0.29, 0.717) is 6.07 Å². The molecule has 0 fully saturated rings. The first-order valence-electron chi connectivity index (χ1n) is 4.60. The Labute approximate surface area is 94.8 Å². The van der Waals surface area contributed by atoms with Crippen molar-refractivity contribution in [2.75, 3.05) is 7.11 Å². The van der Waals surface area contributed by atoms with Crippen molar-refractivity contribution >= 4 is 5.97 Å². The Morgan fingerprint density at radius 3 is 2.82 bits per heavy atom. The first-order chi connectivity index (χ1) is 8.13. The van der Waals surface area contributed by atoms with Gasteiger partial charge in [0.05, 0.1) is 12.7 Å². The van der Waals surface area contributed by atoms with E-state index in [1.807, 2.05) is 0 Å². The van der Waals surface area contributed by atoms with Gasteiger partial charge >= 0.3 is 5.97 Å². The second kappa shape index (κ2) is 4.32. The Morgan fingerprint density at radius 1 is 1.41 bits per heavy atom. The first kappa shape index (κ1) is 11.3. The summed E-state index contributed by atoms with van der Waals surface area (Å²) in [5, 5.41) is 0. The maximum absolute atomic E-state index is 13.5. The second-order valence-corrected chi connectivity index (χ2v) is 3.15. The van der Waals surface area contributed by atoms with Crippen LogP contribution in [0.2, 0.25) is 0 Å². The number of hydrogen-bond acceptors (Lipinski definition) is 4. The molecule has 0 aliphatic heterocycles. The average molecular weight is 239 g/mol. The van der Waals surface area contributed by atoms with Gasteiger partial charge < -0.3 is 9.15 Å². The van der Waals surface area contributed by atoms with E-state index in [0.717, 1.165) is 18.5 Å². The predicted octanol–water partition coefficient (Wildman–Crippen LogP) is 2.41. The van der Waals surface area contributed by atoms with E-state index < -0.39 is 17.6 Å². The number of ether oxygens (including phenoxy) is 1. The van der Waals surface area contributed by atoms with Crippen LogP contribution in [0.5, 0.6) is 0 Å². The largest absolute Gasteiger partial charge is 0.464 e. The summed E-state index contributed by atoms with van der Waals surface area (Å²) < 4.78 is 35.6. The van der Waals surface area contributed by atoms with Crippen molar-refractivity contribution in [1.29, 1.82) is 0 Å². The number of benzene rings is 1. The zero-order valence-electron chi connectivity index (χ0n) is 8.74. The van der Waals surface area contributed by atoms with Gasteiger partial charge in [0.1, 0.15) is 11.6 Å². The third-order valence-electron chi connectivity index (χ3n) is 2.12. The number of carbonyl (C=O) groups is 1. The molecule has 0 amide bonds. The minimum atomic E-state index is -0.841. The second-order valence-electron chi connectivity index (χ2n) is 3.15. The summed E-state index contributed by atoms with van der Waals surface area (Å²) in [6.45, 7) is 0. The van der Waals surface area contributed by atoms with Crippen LogP contribution in [0.25, 0.3) is 11.3 Å². The third kappa shape index (κ3) is 2.01. The third-order valence-corrected chi connectivity index (χ3v) is 2.12. The fourth-order valence-electron chi connectivity index (χ4n) is 1.35. The molecule has 0 aliphatic rings. The van der Waals surface area contributed by atoms with Gasteiger partial charge in [-0.2, -0.15) is 0 Å². The van der Waals surface area contributed by atoms with Gasteiger partial charge in [0, 0.05) is 6.07 Å². The number of carbonyl (C=O) groups excluding carboxylic acids is 1. The molecule has 0 spiro atoms. The van der Waals surface area contributed by atoms with Crippen LogP contribution >= 0.6 is 0 Å². The van der Waals surface area contributed by atoms with Crippen LogP contribution in [-0.2, 0) is 4.74 Å². The van der Waals surface area contributed by atoms with Crippen molar-refractivity contribution in [2.45, 2.75) is 0 Å². The van der Waals surface area contributed by atoms with Crippen molar-refractivity contribution in [3.63, 3.8) is 0 Å². The number of rotatable bonds is 2. The fourth-order valence-corrected chi connectivity index (χ4v) is 1.35. The molecule has 0 saturated heterocycles. The minimum Gasteiger partial charge on any atom is -0.464 e. The molecule has 2 rings (SSSR count). The summed E-state index contributed by atoms with van der Waals surface area (Å²) in [7, 11) is 1.17. The first-order valence-corrected chi connectivity index (χ1v) is 4.60. The smallest absolute Gasteiger partial charge is 0.360 e. The Kier molecular flexibility index (Phi) is 2.86. The van der Waals surface area contributed by atoms with Crippen LogP contribution in [0.15, 0.2) is 29.0 Å². The van der Waals surface area contributed by atoms with Gasteiger partial charge in [-0.05, 0) is 12.1 Å². The van der Waals surface area contributed by atoms with Crippen molar-refractivity contribution in [3.05, 3.63) is 41.9 Å². The van der Waals surface area contributed by atoms with E-state index in [4.69, 9.17) is 4.42 Å². The van der Waals surface area contributed by atoms with E-state index in [1.54, 1.807) is 0 Å². The summed E-state index contributed by atoms with van der Waals surface area (Å²) in [6.07, 6.45) is 0.990. The highest BCUT2D eigenvalue weighted by molar-refractivity contribution is 5.93. The van der Waals surface area contributed by atoms with Gasteiger partial charge in [0.15, 0.2) is 17.8 Å². The van der Waals surface area contributed by atoms with Gasteiger partial charge in [-0.15, -0.1) is 0 Å². The van der Waals surface area contributed by atoms with Crippen LogP contribution in [-0.4, -0.2) is 18.1 Å². The van der Waals surface area contributed by atoms with E-state index in [1.165, 1.54) is 7.11 Å². The molecule has 2 aromatic rings. The number of methoxy groups -OCH3 is 1. The van der Waals surface area contributed by atoms with Crippen LogP contribution in [0, 0.1) is 11.6 Å². The maximum atomic E-state index is 13.5. The minimum absolute atomic E-state index is 0.0516. The van der Waals surface area contributed by atoms with Crippen LogP contribution in [0.3, 0.4) is 0 Å². The highest BCUT2D eigenvalue weighted by Crippen LogP contribution is 2.26. The molecule has 1 heterocycles. The van der Waals surface area contributed by atoms with E-state index in [-0.39, 0.29) is 17.0 Å². The molecule has 0 aliphatic carbocycles. The SMILES string of the molecule is COC(=O)c1ncoc1-c1ccc(F)cc1F. The molecule has 0 N–H and O–H groups in total. The molecule has 0 saturated carbocycles. The summed E-state index contributed by atoms with van der Waals surface area (Å²) in [5.41, 5.74) is -0.206. The molecule has 4 nitrogen and oxygen atoms in total. The van der Waals surface area contributed by atoms with Crippen molar-refractivity contribution in [2.24, 2.45) is 0 Å². The predicted molar refractivity (Wildman–Crippen MR) is 53.2 cm³/mol. The van der Waals surface area contributed by atoms with Crippen LogP contribution in [0.1, 0.15) is 10.5 Å². The van der Waals surface area contributed by atoms with Crippen molar-refractivity contribution < 1.29 is 22.7 Å². The number of esters is 1. The van der Waals surface area contributed by atoms with Crippen molar-refractivity contribution in [3.8, 4) is 11.3 Å². The Bertz CT molecular complexity index is 566. The summed E-state index contributed by atoms with van der Waals surface area (Å²) in [6, 6.07) is 2.92. The monoisotopic (exact) mass is 239 g/mol. The molecule has 0 atom stereocenters. The number of halogens is 2. The fraction of sp³-hybridized carbons (Fsp3) is 0.0909. The highest BCUT2D eigenvalue weighted by atomic mass is 19.1. The van der Waals surface area contributed by atoms with Gasteiger partial charge in [-0.25, -0.2) is 18.6 Å². The van der Waals surface area contributed by atoms with Gasteiger partial charge in [-0.3, -0.25) is 0 Å². The van der Waals surface area contributed by atoms with Crippen molar-refractivity contribution in [1.82, 2.24) is 4.98 Å². The van der Waals surface area contributed by atoms with Gasteiger partial charge in [0.25, 0.3) is 0 Å². The molecule has 0 bridgehead atoms. The van der Waals surface area contributed by atoms with Crippen LogP contribution < -0.4 is 0 Å². The molecule has 6 heteroatoms. The Hall–Kier alpha value is -2.24. The molecular formula is C11H7F2NO3.